The molecule has 29 heavy (non-hydrogen) atoms. The molecule has 2 aliphatic rings. The second-order valence-electron chi connectivity index (χ2n) is 8.10. The normalized spacial score (nSPS) is 18.5. The van der Waals surface area contributed by atoms with Gasteiger partial charge in [-0.05, 0) is 56.8 Å². The van der Waals surface area contributed by atoms with E-state index in [-0.39, 0.29) is 5.91 Å². The van der Waals surface area contributed by atoms with Crippen molar-refractivity contribution in [2.24, 2.45) is 4.99 Å². The van der Waals surface area contributed by atoms with Gasteiger partial charge in [0.05, 0.1) is 13.1 Å². The second kappa shape index (κ2) is 11.8. The number of nitrogens with zero attached hydrogens (tertiary/aromatic N) is 3. The number of carbonyl (C=O) groups is 1. The van der Waals surface area contributed by atoms with E-state index in [0.717, 1.165) is 39.0 Å². The minimum Gasteiger partial charge on any atom is -0.357 e. The second-order valence-corrected chi connectivity index (χ2v) is 8.10. The number of hydrogen-bond donors (Lipinski definition) is 2. The van der Waals surface area contributed by atoms with Gasteiger partial charge in [-0.15, -0.1) is 0 Å². The molecule has 0 aromatic heterocycles. The predicted molar refractivity (Wildman–Crippen MR) is 119 cm³/mol. The summed E-state index contributed by atoms with van der Waals surface area (Å²) in [6.45, 7) is 8.92. The summed E-state index contributed by atoms with van der Waals surface area (Å²) in [5.74, 6) is 0.874. The number of aliphatic imine (C=N–C) groups is 1. The molecule has 2 saturated heterocycles. The van der Waals surface area contributed by atoms with Gasteiger partial charge in [-0.3, -0.25) is 9.69 Å². The first-order valence-corrected chi connectivity index (χ1v) is 11.4. The molecule has 1 amide bonds. The van der Waals surface area contributed by atoms with Gasteiger partial charge in [-0.2, -0.15) is 0 Å². The van der Waals surface area contributed by atoms with Crippen molar-refractivity contribution in [1.82, 2.24) is 20.4 Å². The molecule has 2 N–H and O–H groups in total. The molecular weight excluding hydrogens is 362 g/mol. The Morgan fingerprint density at radius 3 is 2.28 bits per heavy atom. The van der Waals surface area contributed by atoms with Crippen molar-refractivity contribution >= 4 is 11.9 Å². The van der Waals surface area contributed by atoms with Crippen molar-refractivity contribution in [3.63, 3.8) is 0 Å². The average Bonchev–Trinajstić information content (AvgIpc) is 3.16. The van der Waals surface area contributed by atoms with Crippen molar-refractivity contribution in [2.45, 2.75) is 58.5 Å². The zero-order valence-corrected chi connectivity index (χ0v) is 18.0. The fraction of sp³-hybridized carbons (Fsp3) is 0.652. The number of amides is 1. The zero-order chi connectivity index (χ0) is 20.3. The molecule has 0 bridgehead atoms. The van der Waals surface area contributed by atoms with Crippen LogP contribution in [0, 0.1) is 0 Å². The van der Waals surface area contributed by atoms with Crippen LogP contribution in [0.4, 0.5) is 0 Å². The molecule has 0 atom stereocenters. The lowest BCUT2D eigenvalue weighted by atomic mass is 10.1. The van der Waals surface area contributed by atoms with Gasteiger partial charge in [-0.1, -0.05) is 37.1 Å². The fourth-order valence-corrected chi connectivity index (χ4v) is 4.14. The molecule has 0 saturated carbocycles. The molecule has 3 rings (SSSR count). The lowest BCUT2D eigenvalue weighted by Gasteiger charge is -2.21. The van der Waals surface area contributed by atoms with E-state index in [2.05, 4.69) is 39.8 Å². The Bertz CT molecular complexity index is 661. The van der Waals surface area contributed by atoms with Gasteiger partial charge in [0.2, 0.25) is 5.91 Å². The van der Waals surface area contributed by atoms with Crippen molar-refractivity contribution in [2.75, 3.05) is 39.3 Å². The largest absolute Gasteiger partial charge is 0.357 e. The highest BCUT2D eigenvalue weighted by Gasteiger charge is 2.17. The molecule has 0 spiro atoms. The van der Waals surface area contributed by atoms with Gasteiger partial charge in [0.15, 0.2) is 5.96 Å². The molecule has 1 aromatic carbocycles. The molecule has 6 nitrogen and oxygen atoms in total. The van der Waals surface area contributed by atoms with Crippen LogP contribution in [0.5, 0.6) is 0 Å². The molecule has 0 unspecified atom stereocenters. The number of nitrogens with one attached hydrogen (secondary N) is 2. The maximum absolute atomic E-state index is 12.3. The van der Waals surface area contributed by atoms with Crippen molar-refractivity contribution in [3.8, 4) is 0 Å². The van der Waals surface area contributed by atoms with Crippen LogP contribution in [0.25, 0.3) is 0 Å². The van der Waals surface area contributed by atoms with E-state index in [1.807, 2.05) is 11.8 Å². The minimum atomic E-state index is 0.162. The molecule has 160 valence electrons. The smallest absolute Gasteiger partial charge is 0.241 e. The van der Waals surface area contributed by atoms with Gasteiger partial charge in [-0.25, -0.2) is 4.99 Å². The molecule has 1 aromatic rings. The number of guanidine groups is 1. The van der Waals surface area contributed by atoms with E-state index in [1.165, 1.54) is 49.9 Å². The molecule has 2 aliphatic heterocycles. The Labute approximate surface area is 175 Å². The Kier molecular flexibility index (Phi) is 8.81. The number of carbonyl (C=O) groups excluding carboxylic acids is 1. The predicted octanol–water partition coefficient (Wildman–Crippen LogP) is 2.74. The van der Waals surface area contributed by atoms with Crippen molar-refractivity contribution in [1.29, 1.82) is 0 Å². The summed E-state index contributed by atoms with van der Waals surface area (Å²) in [4.78, 5) is 21.6. The van der Waals surface area contributed by atoms with E-state index in [4.69, 9.17) is 4.99 Å². The summed E-state index contributed by atoms with van der Waals surface area (Å²) in [5.41, 5.74) is 2.63. The Morgan fingerprint density at radius 1 is 0.931 bits per heavy atom. The van der Waals surface area contributed by atoms with Gasteiger partial charge < -0.3 is 15.5 Å². The maximum atomic E-state index is 12.3. The number of likely N-dealkylation sites (tertiary alicyclic amines) is 2. The third kappa shape index (κ3) is 7.03. The van der Waals surface area contributed by atoms with Crippen LogP contribution in [0.2, 0.25) is 0 Å². The van der Waals surface area contributed by atoms with Gasteiger partial charge >= 0.3 is 0 Å². The van der Waals surface area contributed by atoms with E-state index in [9.17, 15) is 4.79 Å². The van der Waals surface area contributed by atoms with Crippen LogP contribution < -0.4 is 10.6 Å². The summed E-state index contributed by atoms with van der Waals surface area (Å²) >= 11 is 0. The van der Waals surface area contributed by atoms with Crippen LogP contribution in [0.15, 0.2) is 29.3 Å². The lowest BCUT2D eigenvalue weighted by molar-refractivity contribution is -0.128. The van der Waals surface area contributed by atoms with Crippen molar-refractivity contribution < 1.29 is 4.79 Å². The summed E-state index contributed by atoms with van der Waals surface area (Å²) in [5, 5.41) is 6.48. The van der Waals surface area contributed by atoms with Gasteiger partial charge in [0.1, 0.15) is 0 Å². The summed E-state index contributed by atoms with van der Waals surface area (Å²) in [6, 6.07) is 8.62. The standard InChI is InChI=1S/C23H37N5O/c1-2-24-23(26-18-22(29)28-15-9-10-16-28)25-17-20-11-5-6-12-21(20)19-27-13-7-3-4-8-14-27/h5-6,11-12H,2-4,7-10,13-19H2,1H3,(H2,24,25,26). The SMILES string of the molecule is CCNC(=NCc1ccccc1CN1CCCCCC1)NCC(=O)N1CCCC1. The van der Waals surface area contributed by atoms with Gasteiger partial charge in [0, 0.05) is 26.2 Å². The molecule has 0 radical (unpaired) electrons. The quantitative estimate of drug-likeness (QED) is 0.547. The maximum Gasteiger partial charge on any atom is 0.241 e. The highest BCUT2D eigenvalue weighted by molar-refractivity contribution is 5.86. The van der Waals surface area contributed by atoms with E-state index >= 15 is 0 Å². The summed E-state index contributed by atoms with van der Waals surface area (Å²) in [6.07, 6.45) is 7.56. The molecule has 0 aliphatic carbocycles. The Morgan fingerprint density at radius 2 is 1.59 bits per heavy atom. The summed E-state index contributed by atoms with van der Waals surface area (Å²) < 4.78 is 0. The third-order valence-electron chi connectivity index (χ3n) is 5.83. The summed E-state index contributed by atoms with van der Waals surface area (Å²) in [7, 11) is 0. The van der Waals surface area contributed by atoms with E-state index in [1.54, 1.807) is 0 Å². The third-order valence-corrected chi connectivity index (χ3v) is 5.83. The molecular formula is C23H37N5O. The molecule has 6 heteroatoms. The van der Waals surface area contributed by atoms with Crippen LogP contribution in [0.1, 0.15) is 56.6 Å². The fourth-order valence-electron chi connectivity index (χ4n) is 4.14. The molecule has 2 heterocycles. The van der Waals surface area contributed by atoms with E-state index in [0.29, 0.717) is 19.0 Å². The lowest BCUT2D eigenvalue weighted by Crippen LogP contribution is -2.44. The average molecular weight is 400 g/mol. The van der Waals surface area contributed by atoms with Crippen LogP contribution in [-0.2, 0) is 17.9 Å². The highest BCUT2D eigenvalue weighted by Crippen LogP contribution is 2.17. The number of hydrogen-bond acceptors (Lipinski definition) is 3. The van der Waals surface area contributed by atoms with Crippen LogP contribution in [-0.4, -0.2) is 60.9 Å². The highest BCUT2D eigenvalue weighted by atomic mass is 16.2. The van der Waals surface area contributed by atoms with E-state index < -0.39 is 0 Å². The Balaban J connectivity index is 1.58. The van der Waals surface area contributed by atoms with Gasteiger partial charge in [0.25, 0.3) is 0 Å². The van der Waals surface area contributed by atoms with Crippen LogP contribution in [0.3, 0.4) is 0 Å². The zero-order valence-electron chi connectivity index (χ0n) is 18.0. The number of benzene rings is 1. The number of rotatable bonds is 7. The first kappa shape index (κ1) is 21.6. The van der Waals surface area contributed by atoms with Crippen LogP contribution >= 0.6 is 0 Å². The monoisotopic (exact) mass is 399 g/mol. The minimum absolute atomic E-state index is 0.162. The molecule has 2 fully saturated rings. The first-order chi connectivity index (χ1) is 14.3. The Hall–Kier alpha value is -2.08. The topological polar surface area (TPSA) is 60.0 Å². The first-order valence-electron chi connectivity index (χ1n) is 11.4. The van der Waals surface area contributed by atoms with Crippen molar-refractivity contribution in [3.05, 3.63) is 35.4 Å².